The van der Waals surface area contributed by atoms with Crippen LogP contribution in [0.5, 0.6) is 0 Å². The molecule has 88 valence electrons. The third-order valence-electron chi connectivity index (χ3n) is 3.64. The Hall–Kier alpha value is -0.860. The molecular formula is C14H22N2. The van der Waals surface area contributed by atoms with Gasteiger partial charge < -0.3 is 5.73 Å². The summed E-state index contributed by atoms with van der Waals surface area (Å²) < 4.78 is 0. The van der Waals surface area contributed by atoms with Gasteiger partial charge in [0.05, 0.1) is 0 Å². The highest BCUT2D eigenvalue weighted by Crippen LogP contribution is 2.19. The summed E-state index contributed by atoms with van der Waals surface area (Å²) in [7, 11) is 0. The minimum Gasteiger partial charge on any atom is -0.330 e. The number of nitrogens with two attached hydrogens (primary N) is 1. The lowest BCUT2D eigenvalue weighted by atomic mass is 9.98. The maximum atomic E-state index is 5.77. The van der Waals surface area contributed by atoms with Crippen molar-refractivity contribution in [2.45, 2.75) is 26.3 Å². The van der Waals surface area contributed by atoms with Gasteiger partial charge in [0.2, 0.25) is 0 Å². The molecule has 0 saturated heterocycles. The molecule has 1 aromatic carbocycles. The summed E-state index contributed by atoms with van der Waals surface area (Å²) in [5.41, 5.74) is 8.80. The van der Waals surface area contributed by atoms with E-state index >= 15 is 0 Å². The van der Waals surface area contributed by atoms with E-state index in [4.69, 9.17) is 5.73 Å². The van der Waals surface area contributed by atoms with Crippen molar-refractivity contribution in [3.05, 3.63) is 35.4 Å². The van der Waals surface area contributed by atoms with Crippen molar-refractivity contribution in [2.75, 3.05) is 19.6 Å². The van der Waals surface area contributed by atoms with E-state index in [1.807, 2.05) is 0 Å². The molecule has 16 heavy (non-hydrogen) atoms. The first kappa shape index (κ1) is 11.6. The van der Waals surface area contributed by atoms with Crippen LogP contribution in [0.3, 0.4) is 0 Å². The predicted octanol–water partition coefficient (Wildman–Crippen LogP) is 2.03. The number of hydrogen-bond acceptors (Lipinski definition) is 2. The highest BCUT2D eigenvalue weighted by Gasteiger charge is 2.17. The summed E-state index contributed by atoms with van der Waals surface area (Å²) in [4.78, 5) is 2.54. The fourth-order valence-corrected chi connectivity index (χ4v) is 2.45. The molecule has 0 fully saturated rings. The summed E-state index contributed by atoms with van der Waals surface area (Å²) in [6.45, 7) is 6.49. The van der Waals surface area contributed by atoms with Crippen molar-refractivity contribution in [2.24, 2.45) is 11.7 Å². The van der Waals surface area contributed by atoms with Crippen molar-refractivity contribution in [3.63, 3.8) is 0 Å². The van der Waals surface area contributed by atoms with Crippen LogP contribution in [0, 0.1) is 5.92 Å². The van der Waals surface area contributed by atoms with E-state index in [2.05, 4.69) is 36.1 Å². The van der Waals surface area contributed by atoms with E-state index < -0.39 is 0 Å². The molecule has 0 radical (unpaired) electrons. The normalized spacial score (nSPS) is 18.1. The molecule has 1 atom stereocenters. The molecule has 1 aromatic rings. The van der Waals surface area contributed by atoms with Crippen molar-refractivity contribution in [1.29, 1.82) is 0 Å². The third-order valence-corrected chi connectivity index (χ3v) is 3.64. The highest BCUT2D eigenvalue weighted by molar-refractivity contribution is 5.29. The molecule has 2 nitrogen and oxygen atoms in total. The maximum absolute atomic E-state index is 5.77. The first-order valence-corrected chi connectivity index (χ1v) is 6.32. The lowest BCUT2D eigenvalue weighted by Gasteiger charge is -2.31. The number of fused-ring (bicyclic) bond motifs is 1. The van der Waals surface area contributed by atoms with Crippen molar-refractivity contribution >= 4 is 0 Å². The Morgan fingerprint density at radius 2 is 2.06 bits per heavy atom. The monoisotopic (exact) mass is 218 g/mol. The average molecular weight is 218 g/mol. The predicted molar refractivity (Wildman–Crippen MR) is 68.3 cm³/mol. The first-order valence-electron chi connectivity index (χ1n) is 6.32. The van der Waals surface area contributed by atoms with Crippen molar-refractivity contribution in [1.82, 2.24) is 4.90 Å². The van der Waals surface area contributed by atoms with Gasteiger partial charge in [0.15, 0.2) is 0 Å². The van der Waals surface area contributed by atoms with Gasteiger partial charge in [-0.05, 0) is 30.0 Å². The van der Waals surface area contributed by atoms with Gasteiger partial charge in [0.1, 0.15) is 0 Å². The van der Waals surface area contributed by atoms with E-state index in [0.29, 0.717) is 5.92 Å². The summed E-state index contributed by atoms with van der Waals surface area (Å²) >= 11 is 0. The number of hydrogen-bond donors (Lipinski definition) is 1. The summed E-state index contributed by atoms with van der Waals surface area (Å²) in [5.74, 6) is 0.658. The third kappa shape index (κ3) is 2.63. The van der Waals surface area contributed by atoms with Crippen LogP contribution in [0.25, 0.3) is 0 Å². The fraction of sp³-hybridized carbons (Fsp3) is 0.571. The van der Waals surface area contributed by atoms with Crippen LogP contribution >= 0.6 is 0 Å². The van der Waals surface area contributed by atoms with E-state index in [-0.39, 0.29) is 0 Å². The number of rotatable bonds is 4. The zero-order valence-electron chi connectivity index (χ0n) is 10.2. The second kappa shape index (κ2) is 5.46. The van der Waals surface area contributed by atoms with E-state index in [1.54, 1.807) is 0 Å². The molecule has 1 aliphatic heterocycles. The van der Waals surface area contributed by atoms with Gasteiger partial charge in [0.25, 0.3) is 0 Å². The smallest absolute Gasteiger partial charge is 0.0236 e. The average Bonchev–Trinajstić information content (AvgIpc) is 2.35. The minimum absolute atomic E-state index is 0.658. The van der Waals surface area contributed by atoms with Gasteiger partial charge in [-0.15, -0.1) is 0 Å². The Morgan fingerprint density at radius 3 is 2.75 bits per heavy atom. The summed E-state index contributed by atoms with van der Waals surface area (Å²) in [6.07, 6.45) is 2.38. The second-order valence-electron chi connectivity index (χ2n) is 4.76. The quantitative estimate of drug-likeness (QED) is 0.838. The van der Waals surface area contributed by atoms with Gasteiger partial charge >= 0.3 is 0 Å². The molecule has 0 saturated carbocycles. The van der Waals surface area contributed by atoms with E-state index in [9.17, 15) is 0 Å². The van der Waals surface area contributed by atoms with Crippen LogP contribution in [0.4, 0.5) is 0 Å². The molecule has 0 aliphatic carbocycles. The minimum atomic E-state index is 0.658. The second-order valence-corrected chi connectivity index (χ2v) is 4.76. The van der Waals surface area contributed by atoms with Crippen LogP contribution in [-0.2, 0) is 13.0 Å². The van der Waals surface area contributed by atoms with Crippen LogP contribution in [-0.4, -0.2) is 24.5 Å². The number of benzene rings is 1. The molecule has 2 heteroatoms. The lowest BCUT2D eigenvalue weighted by Crippen LogP contribution is -2.36. The first-order chi connectivity index (χ1) is 7.83. The van der Waals surface area contributed by atoms with Crippen molar-refractivity contribution in [3.8, 4) is 0 Å². The van der Waals surface area contributed by atoms with E-state index in [1.165, 1.54) is 30.5 Å². The SMILES string of the molecule is CCC(CN)CN1CCc2ccccc2C1. The highest BCUT2D eigenvalue weighted by atomic mass is 15.1. The van der Waals surface area contributed by atoms with Gasteiger partial charge in [-0.1, -0.05) is 37.6 Å². The molecule has 2 N–H and O–H groups in total. The molecule has 0 amide bonds. The topological polar surface area (TPSA) is 29.3 Å². The van der Waals surface area contributed by atoms with Crippen LogP contribution in [0.2, 0.25) is 0 Å². The van der Waals surface area contributed by atoms with Gasteiger partial charge in [-0.2, -0.15) is 0 Å². The van der Waals surface area contributed by atoms with Gasteiger partial charge in [0, 0.05) is 19.6 Å². The Labute approximate surface area is 98.4 Å². The van der Waals surface area contributed by atoms with Crippen LogP contribution in [0.1, 0.15) is 24.5 Å². The zero-order valence-corrected chi connectivity index (χ0v) is 10.2. The Bertz CT molecular complexity index is 331. The fourth-order valence-electron chi connectivity index (χ4n) is 2.45. The number of nitrogens with zero attached hydrogens (tertiary/aromatic N) is 1. The molecule has 1 aliphatic rings. The standard InChI is InChI=1S/C14H22N2/c1-2-12(9-15)10-16-8-7-13-5-3-4-6-14(13)11-16/h3-6,12H,2,7-11,15H2,1H3. The van der Waals surface area contributed by atoms with E-state index in [0.717, 1.165) is 19.6 Å². The summed E-state index contributed by atoms with van der Waals surface area (Å²) in [6, 6.07) is 8.80. The largest absolute Gasteiger partial charge is 0.330 e. The molecule has 2 rings (SSSR count). The Balaban J connectivity index is 1.97. The van der Waals surface area contributed by atoms with Crippen LogP contribution in [0.15, 0.2) is 24.3 Å². The van der Waals surface area contributed by atoms with Crippen LogP contribution < -0.4 is 5.73 Å². The Kier molecular flexibility index (Phi) is 3.97. The lowest BCUT2D eigenvalue weighted by molar-refractivity contribution is 0.213. The molecule has 1 heterocycles. The molecular weight excluding hydrogens is 196 g/mol. The molecule has 0 spiro atoms. The maximum Gasteiger partial charge on any atom is 0.0236 e. The Morgan fingerprint density at radius 1 is 1.31 bits per heavy atom. The molecule has 1 unspecified atom stereocenters. The van der Waals surface area contributed by atoms with Gasteiger partial charge in [-0.25, -0.2) is 0 Å². The molecule has 0 bridgehead atoms. The zero-order chi connectivity index (χ0) is 11.4. The molecule has 0 aromatic heterocycles. The van der Waals surface area contributed by atoms with Crippen molar-refractivity contribution < 1.29 is 0 Å². The summed E-state index contributed by atoms with van der Waals surface area (Å²) in [5, 5.41) is 0. The van der Waals surface area contributed by atoms with Gasteiger partial charge in [-0.3, -0.25) is 4.90 Å².